The van der Waals surface area contributed by atoms with Crippen molar-refractivity contribution in [3.63, 3.8) is 0 Å². The zero-order valence-electron chi connectivity index (χ0n) is 16.6. The molecule has 2 aromatic carbocycles. The maximum atomic E-state index is 9.56. The van der Waals surface area contributed by atoms with Crippen molar-refractivity contribution in [2.75, 3.05) is 19.0 Å². The third-order valence-corrected chi connectivity index (χ3v) is 5.62. The Balaban J connectivity index is 1.68. The van der Waals surface area contributed by atoms with E-state index in [2.05, 4.69) is 35.2 Å². The van der Waals surface area contributed by atoms with Crippen LogP contribution in [0.25, 0.3) is 21.8 Å². The predicted molar refractivity (Wildman–Crippen MR) is 118 cm³/mol. The monoisotopic (exact) mass is 404 g/mol. The SMILES string of the molecule is COc1ccc2ncc(C#N)c(NCCc3c(C)[nH]c4c(C)ccc(Cl)c34)c2c1. The van der Waals surface area contributed by atoms with Gasteiger partial charge in [-0.3, -0.25) is 4.98 Å². The summed E-state index contributed by atoms with van der Waals surface area (Å²) in [6.45, 7) is 4.80. The number of aromatic nitrogens is 2. The number of rotatable bonds is 5. The molecule has 0 aliphatic heterocycles. The number of nitrogens with one attached hydrogen (secondary N) is 2. The molecule has 0 amide bonds. The number of pyridine rings is 1. The number of anilines is 1. The molecule has 0 saturated carbocycles. The number of hydrogen-bond acceptors (Lipinski definition) is 4. The fourth-order valence-corrected chi connectivity index (χ4v) is 4.06. The number of ether oxygens (including phenoxy) is 1. The highest BCUT2D eigenvalue weighted by Gasteiger charge is 2.14. The number of halogens is 1. The third kappa shape index (κ3) is 3.37. The van der Waals surface area contributed by atoms with Crippen LogP contribution in [0.2, 0.25) is 5.02 Å². The number of aromatic amines is 1. The molecule has 0 spiro atoms. The van der Waals surface area contributed by atoms with E-state index in [0.717, 1.165) is 50.4 Å². The normalized spacial score (nSPS) is 11.0. The lowest BCUT2D eigenvalue weighted by atomic mass is 10.0. The Hall–Kier alpha value is -3.23. The molecule has 0 unspecified atom stereocenters. The van der Waals surface area contributed by atoms with Gasteiger partial charge in [-0.05, 0) is 55.7 Å². The minimum Gasteiger partial charge on any atom is -0.497 e. The van der Waals surface area contributed by atoms with E-state index in [4.69, 9.17) is 16.3 Å². The fourth-order valence-electron chi connectivity index (χ4n) is 3.79. The number of nitriles is 1. The summed E-state index contributed by atoms with van der Waals surface area (Å²) in [5, 5.41) is 15.7. The van der Waals surface area contributed by atoms with Crippen LogP contribution in [-0.2, 0) is 6.42 Å². The standard InChI is InChI=1S/C23H21ClN4O/c1-13-4-6-19(24)21-17(14(2)28-22(13)21)8-9-26-23-15(11-25)12-27-20-7-5-16(29-3)10-18(20)23/h4-7,10,12,28H,8-9H2,1-3H3,(H,26,27). The number of fused-ring (bicyclic) bond motifs is 2. The summed E-state index contributed by atoms with van der Waals surface area (Å²) < 4.78 is 5.35. The van der Waals surface area contributed by atoms with Gasteiger partial charge in [-0.15, -0.1) is 0 Å². The molecule has 2 heterocycles. The van der Waals surface area contributed by atoms with E-state index in [9.17, 15) is 5.26 Å². The first-order chi connectivity index (χ1) is 14.0. The van der Waals surface area contributed by atoms with E-state index in [-0.39, 0.29) is 0 Å². The molecule has 0 saturated heterocycles. The van der Waals surface area contributed by atoms with E-state index >= 15 is 0 Å². The van der Waals surface area contributed by atoms with Crippen LogP contribution in [0.15, 0.2) is 36.5 Å². The van der Waals surface area contributed by atoms with Crippen LogP contribution in [-0.4, -0.2) is 23.6 Å². The van der Waals surface area contributed by atoms with Crippen molar-refractivity contribution < 1.29 is 4.74 Å². The molecule has 146 valence electrons. The van der Waals surface area contributed by atoms with Crippen molar-refractivity contribution >= 4 is 39.1 Å². The Morgan fingerprint density at radius 2 is 2.07 bits per heavy atom. The molecule has 0 radical (unpaired) electrons. The summed E-state index contributed by atoms with van der Waals surface area (Å²) in [4.78, 5) is 7.84. The number of methoxy groups -OCH3 is 1. The van der Waals surface area contributed by atoms with Gasteiger partial charge in [0.2, 0.25) is 0 Å². The first kappa shape index (κ1) is 19.1. The fraction of sp³-hybridized carbons (Fsp3) is 0.217. The Kier molecular flexibility index (Phi) is 5.04. The third-order valence-electron chi connectivity index (χ3n) is 5.30. The molecule has 0 atom stereocenters. The lowest BCUT2D eigenvalue weighted by Crippen LogP contribution is -2.08. The van der Waals surface area contributed by atoms with Gasteiger partial charge in [0.1, 0.15) is 11.8 Å². The van der Waals surface area contributed by atoms with E-state index in [1.807, 2.05) is 30.3 Å². The van der Waals surface area contributed by atoms with Crippen LogP contribution in [0.3, 0.4) is 0 Å². The smallest absolute Gasteiger partial charge is 0.119 e. The van der Waals surface area contributed by atoms with Gasteiger partial charge in [0.05, 0.1) is 34.4 Å². The lowest BCUT2D eigenvalue weighted by Gasteiger charge is -2.12. The summed E-state index contributed by atoms with van der Waals surface area (Å²) >= 11 is 6.50. The second-order valence-electron chi connectivity index (χ2n) is 7.06. The maximum absolute atomic E-state index is 9.56. The highest BCUT2D eigenvalue weighted by Crippen LogP contribution is 2.32. The summed E-state index contributed by atoms with van der Waals surface area (Å²) in [6, 6.07) is 11.9. The van der Waals surface area contributed by atoms with Crippen LogP contribution in [0, 0.1) is 25.2 Å². The van der Waals surface area contributed by atoms with E-state index in [1.54, 1.807) is 13.3 Å². The van der Waals surface area contributed by atoms with Gasteiger partial charge in [-0.2, -0.15) is 5.26 Å². The van der Waals surface area contributed by atoms with Gasteiger partial charge < -0.3 is 15.0 Å². The van der Waals surface area contributed by atoms with Gasteiger partial charge in [0.25, 0.3) is 0 Å². The molecule has 2 aromatic heterocycles. The zero-order chi connectivity index (χ0) is 20.5. The molecule has 2 N–H and O–H groups in total. The first-order valence-corrected chi connectivity index (χ1v) is 9.78. The Labute approximate surface area is 174 Å². The van der Waals surface area contributed by atoms with Crippen LogP contribution >= 0.6 is 11.6 Å². The molecule has 29 heavy (non-hydrogen) atoms. The number of nitrogens with zero attached hydrogens (tertiary/aromatic N) is 2. The highest BCUT2D eigenvalue weighted by atomic mass is 35.5. The molecule has 0 bridgehead atoms. The van der Waals surface area contributed by atoms with E-state index in [0.29, 0.717) is 12.1 Å². The van der Waals surface area contributed by atoms with Gasteiger partial charge >= 0.3 is 0 Å². The van der Waals surface area contributed by atoms with Crippen molar-refractivity contribution in [1.82, 2.24) is 9.97 Å². The molecule has 0 aliphatic rings. The average Bonchev–Trinajstić information content (AvgIpc) is 3.08. The number of hydrogen-bond donors (Lipinski definition) is 2. The molecule has 4 aromatic rings. The molecular formula is C23H21ClN4O. The van der Waals surface area contributed by atoms with E-state index < -0.39 is 0 Å². The highest BCUT2D eigenvalue weighted by molar-refractivity contribution is 6.35. The van der Waals surface area contributed by atoms with Gasteiger partial charge in [0.15, 0.2) is 0 Å². The first-order valence-electron chi connectivity index (χ1n) is 9.40. The molecule has 0 aliphatic carbocycles. The van der Waals surface area contributed by atoms with Crippen LogP contribution in [0.1, 0.15) is 22.4 Å². The minimum absolute atomic E-state index is 0.510. The molecule has 6 heteroatoms. The van der Waals surface area contributed by atoms with Crippen molar-refractivity contribution in [2.24, 2.45) is 0 Å². The van der Waals surface area contributed by atoms with Gasteiger partial charge in [-0.25, -0.2) is 0 Å². The van der Waals surface area contributed by atoms with Gasteiger partial charge in [0, 0.05) is 29.2 Å². The van der Waals surface area contributed by atoms with Crippen molar-refractivity contribution in [1.29, 1.82) is 5.26 Å². The molecule has 4 rings (SSSR count). The maximum Gasteiger partial charge on any atom is 0.119 e. The number of aryl methyl sites for hydroxylation is 2. The van der Waals surface area contributed by atoms with Crippen molar-refractivity contribution in [3.8, 4) is 11.8 Å². The minimum atomic E-state index is 0.510. The quantitative estimate of drug-likeness (QED) is 0.459. The molecule has 0 fully saturated rings. The number of H-pyrrole nitrogens is 1. The lowest BCUT2D eigenvalue weighted by molar-refractivity contribution is 0.415. The van der Waals surface area contributed by atoms with Crippen molar-refractivity contribution in [3.05, 3.63) is 63.9 Å². The summed E-state index contributed by atoms with van der Waals surface area (Å²) in [7, 11) is 1.63. The van der Waals surface area contributed by atoms with Gasteiger partial charge in [-0.1, -0.05) is 17.7 Å². The zero-order valence-corrected chi connectivity index (χ0v) is 17.3. The largest absolute Gasteiger partial charge is 0.497 e. The Bertz CT molecular complexity index is 1270. The predicted octanol–water partition coefficient (Wildman–Crippen LogP) is 5.52. The topological polar surface area (TPSA) is 73.7 Å². The average molecular weight is 405 g/mol. The second-order valence-corrected chi connectivity index (χ2v) is 7.47. The summed E-state index contributed by atoms with van der Waals surface area (Å²) in [5.41, 5.74) is 6.66. The van der Waals surface area contributed by atoms with Crippen LogP contribution in [0.4, 0.5) is 5.69 Å². The Morgan fingerprint density at radius 3 is 2.83 bits per heavy atom. The molecular weight excluding hydrogens is 384 g/mol. The van der Waals surface area contributed by atoms with Crippen molar-refractivity contribution in [2.45, 2.75) is 20.3 Å². The molecule has 5 nitrogen and oxygen atoms in total. The Morgan fingerprint density at radius 1 is 1.24 bits per heavy atom. The van der Waals surface area contributed by atoms with Crippen LogP contribution < -0.4 is 10.1 Å². The number of benzene rings is 2. The summed E-state index contributed by atoms with van der Waals surface area (Å²) in [5.74, 6) is 0.729. The second kappa shape index (κ2) is 7.65. The van der Waals surface area contributed by atoms with Crippen LogP contribution in [0.5, 0.6) is 5.75 Å². The summed E-state index contributed by atoms with van der Waals surface area (Å²) in [6.07, 6.45) is 2.38. The van der Waals surface area contributed by atoms with E-state index in [1.165, 1.54) is 11.1 Å².